The van der Waals surface area contributed by atoms with Gasteiger partial charge in [-0.1, -0.05) is 42.5 Å². The summed E-state index contributed by atoms with van der Waals surface area (Å²) in [5, 5.41) is 9.13. The van der Waals surface area contributed by atoms with E-state index >= 15 is 0 Å². The second-order valence-electron chi connectivity index (χ2n) is 5.49. The summed E-state index contributed by atoms with van der Waals surface area (Å²) in [6, 6.07) is 18.9. The van der Waals surface area contributed by atoms with Crippen LogP contribution in [-0.2, 0) is 14.4 Å². The Morgan fingerprint density at radius 3 is 2.52 bits per heavy atom. The monoisotopic (exact) mass is 389 g/mol. The first-order chi connectivity index (χ1) is 14.2. The van der Waals surface area contributed by atoms with Gasteiger partial charge in [-0.05, 0) is 17.7 Å². The van der Waals surface area contributed by atoms with Gasteiger partial charge in [-0.3, -0.25) is 4.89 Å². The number of nitrogens with zero attached hydrogens (tertiary/aromatic N) is 3. The van der Waals surface area contributed by atoms with E-state index in [1.165, 1.54) is 25.8 Å². The average molecular weight is 389 g/mol. The zero-order valence-electron chi connectivity index (χ0n) is 15.3. The number of benzene rings is 2. The standard InChI is InChI=1S/C21H15N3O5/c1-26-13-17(15-7-3-2-4-8-15)21(25)29-28-20-11-19(23-14-24-20)27-18-10-6-5-9-16(18)12-22/h2-11,13-14H,1H3. The summed E-state index contributed by atoms with van der Waals surface area (Å²) in [7, 11) is 1.42. The van der Waals surface area contributed by atoms with Gasteiger partial charge in [0.15, 0.2) is 0 Å². The lowest BCUT2D eigenvalue weighted by atomic mass is 10.1. The van der Waals surface area contributed by atoms with Crippen LogP contribution >= 0.6 is 0 Å². The Balaban J connectivity index is 1.69. The van der Waals surface area contributed by atoms with Crippen molar-refractivity contribution in [3.63, 3.8) is 0 Å². The van der Waals surface area contributed by atoms with Gasteiger partial charge >= 0.3 is 5.97 Å². The second kappa shape index (κ2) is 9.53. The van der Waals surface area contributed by atoms with Crippen LogP contribution in [0, 0.1) is 11.3 Å². The summed E-state index contributed by atoms with van der Waals surface area (Å²) >= 11 is 0. The van der Waals surface area contributed by atoms with Crippen LogP contribution in [0.5, 0.6) is 17.5 Å². The van der Waals surface area contributed by atoms with Crippen LogP contribution in [-0.4, -0.2) is 23.0 Å². The molecule has 8 heteroatoms. The maximum absolute atomic E-state index is 12.4. The highest BCUT2D eigenvalue weighted by Crippen LogP contribution is 2.25. The lowest BCUT2D eigenvalue weighted by Gasteiger charge is -2.08. The van der Waals surface area contributed by atoms with E-state index in [0.29, 0.717) is 16.9 Å². The average Bonchev–Trinajstić information content (AvgIpc) is 2.77. The minimum atomic E-state index is -0.769. The summed E-state index contributed by atoms with van der Waals surface area (Å²) in [5.74, 6) is -0.382. The smallest absolute Gasteiger partial charge is 0.389 e. The SMILES string of the molecule is COC=C(C(=O)OOc1cc(Oc2ccccc2C#N)ncn1)c1ccccc1. The van der Waals surface area contributed by atoms with Gasteiger partial charge in [0.2, 0.25) is 5.88 Å². The number of ether oxygens (including phenoxy) is 2. The zero-order chi connectivity index (χ0) is 20.5. The predicted octanol–water partition coefficient (Wildman–Crippen LogP) is 3.67. The van der Waals surface area contributed by atoms with Crippen molar-refractivity contribution >= 4 is 11.5 Å². The number of hydrogen-bond donors (Lipinski definition) is 0. The molecule has 0 aliphatic heterocycles. The van der Waals surface area contributed by atoms with Crippen molar-refractivity contribution in [3.8, 4) is 23.6 Å². The van der Waals surface area contributed by atoms with Crippen LogP contribution in [0.2, 0.25) is 0 Å². The molecule has 3 rings (SSSR count). The van der Waals surface area contributed by atoms with Gasteiger partial charge in [0.1, 0.15) is 23.7 Å². The molecular weight excluding hydrogens is 374 g/mol. The molecule has 1 heterocycles. The molecule has 0 atom stereocenters. The van der Waals surface area contributed by atoms with E-state index in [9.17, 15) is 4.79 Å². The maximum Gasteiger partial charge on any atom is 0.389 e. The Kier molecular flexibility index (Phi) is 6.37. The highest BCUT2D eigenvalue weighted by atomic mass is 17.2. The third-order valence-corrected chi connectivity index (χ3v) is 3.58. The lowest BCUT2D eigenvalue weighted by Crippen LogP contribution is -2.11. The van der Waals surface area contributed by atoms with Crippen LogP contribution < -0.4 is 9.62 Å². The largest absolute Gasteiger partial charge is 0.503 e. The highest BCUT2D eigenvalue weighted by molar-refractivity contribution is 6.15. The van der Waals surface area contributed by atoms with Crippen molar-refractivity contribution < 1.29 is 24.0 Å². The van der Waals surface area contributed by atoms with Crippen molar-refractivity contribution in [2.45, 2.75) is 0 Å². The van der Waals surface area contributed by atoms with Crippen LogP contribution in [0.1, 0.15) is 11.1 Å². The van der Waals surface area contributed by atoms with Crippen molar-refractivity contribution in [1.29, 1.82) is 5.26 Å². The Morgan fingerprint density at radius 2 is 1.76 bits per heavy atom. The molecule has 0 fully saturated rings. The summed E-state index contributed by atoms with van der Waals surface area (Å²) in [4.78, 5) is 30.1. The molecule has 0 amide bonds. The molecular formula is C21H15N3O5. The minimum absolute atomic E-state index is 0.0531. The molecule has 0 aliphatic carbocycles. The van der Waals surface area contributed by atoms with Gasteiger partial charge < -0.3 is 9.47 Å². The fourth-order valence-electron chi connectivity index (χ4n) is 2.28. The molecule has 0 saturated carbocycles. The molecule has 0 unspecified atom stereocenters. The Hall–Kier alpha value is -4.38. The minimum Gasteiger partial charge on any atom is -0.503 e. The van der Waals surface area contributed by atoms with Crippen molar-refractivity contribution in [2.75, 3.05) is 7.11 Å². The van der Waals surface area contributed by atoms with E-state index in [0.717, 1.165) is 0 Å². The van der Waals surface area contributed by atoms with Gasteiger partial charge in [0, 0.05) is 0 Å². The van der Waals surface area contributed by atoms with Crippen LogP contribution in [0.15, 0.2) is 73.3 Å². The number of carbonyl (C=O) groups excluding carboxylic acids is 1. The van der Waals surface area contributed by atoms with Crippen LogP contribution in [0.3, 0.4) is 0 Å². The summed E-state index contributed by atoms with van der Waals surface area (Å²) in [6.45, 7) is 0. The first kappa shape index (κ1) is 19.4. The van der Waals surface area contributed by atoms with Gasteiger partial charge in [-0.2, -0.15) is 10.2 Å². The number of aromatic nitrogens is 2. The number of carbonyl (C=O) groups is 1. The first-order valence-electron chi connectivity index (χ1n) is 8.37. The fourth-order valence-corrected chi connectivity index (χ4v) is 2.28. The molecule has 0 radical (unpaired) electrons. The molecule has 2 aromatic carbocycles. The van der Waals surface area contributed by atoms with Crippen molar-refractivity contribution in [2.24, 2.45) is 0 Å². The molecule has 0 saturated heterocycles. The van der Waals surface area contributed by atoms with Gasteiger partial charge in [-0.15, -0.1) is 0 Å². The summed E-state index contributed by atoms with van der Waals surface area (Å²) in [5.41, 5.74) is 1.11. The van der Waals surface area contributed by atoms with Crippen LogP contribution in [0.25, 0.3) is 5.57 Å². The van der Waals surface area contributed by atoms with E-state index in [1.54, 1.807) is 48.5 Å². The number of rotatable bonds is 7. The number of hydrogen-bond acceptors (Lipinski definition) is 8. The summed E-state index contributed by atoms with van der Waals surface area (Å²) < 4.78 is 10.5. The Morgan fingerprint density at radius 1 is 1.03 bits per heavy atom. The Labute approximate surface area is 166 Å². The molecule has 0 aliphatic rings. The first-order valence-corrected chi connectivity index (χ1v) is 8.37. The normalized spacial score (nSPS) is 10.6. The van der Waals surface area contributed by atoms with E-state index in [2.05, 4.69) is 9.97 Å². The van der Waals surface area contributed by atoms with Gasteiger partial charge in [0.25, 0.3) is 5.88 Å². The number of nitriles is 1. The molecule has 3 aromatic rings. The van der Waals surface area contributed by atoms with Gasteiger partial charge in [0.05, 0.1) is 25.0 Å². The third-order valence-electron chi connectivity index (χ3n) is 3.58. The zero-order valence-corrected chi connectivity index (χ0v) is 15.3. The van der Waals surface area contributed by atoms with Crippen molar-refractivity contribution in [1.82, 2.24) is 9.97 Å². The van der Waals surface area contributed by atoms with Crippen LogP contribution in [0.4, 0.5) is 0 Å². The summed E-state index contributed by atoms with van der Waals surface area (Å²) in [6.07, 6.45) is 2.44. The van der Waals surface area contributed by atoms with Gasteiger partial charge in [-0.25, -0.2) is 14.7 Å². The topological polar surface area (TPSA) is 104 Å². The molecule has 0 N–H and O–H groups in total. The van der Waals surface area contributed by atoms with E-state index in [1.807, 2.05) is 12.1 Å². The molecule has 8 nitrogen and oxygen atoms in total. The third kappa shape index (κ3) is 5.08. The van der Waals surface area contributed by atoms with E-state index < -0.39 is 5.97 Å². The maximum atomic E-state index is 12.4. The molecule has 1 aromatic heterocycles. The number of para-hydroxylation sites is 1. The fraction of sp³-hybridized carbons (Fsp3) is 0.0476. The molecule has 29 heavy (non-hydrogen) atoms. The molecule has 0 spiro atoms. The molecule has 0 bridgehead atoms. The predicted molar refractivity (Wildman–Crippen MR) is 101 cm³/mol. The number of methoxy groups -OCH3 is 1. The molecule has 144 valence electrons. The van der Waals surface area contributed by atoms with E-state index in [-0.39, 0.29) is 17.3 Å². The quantitative estimate of drug-likeness (QED) is 0.261. The van der Waals surface area contributed by atoms with E-state index in [4.69, 9.17) is 24.5 Å². The highest BCUT2D eigenvalue weighted by Gasteiger charge is 2.17. The van der Waals surface area contributed by atoms with Crippen molar-refractivity contribution in [3.05, 3.63) is 84.4 Å². The lowest BCUT2D eigenvalue weighted by molar-refractivity contribution is -0.207. The Bertz CT molecular complexity index is 1060. The second-order valence-corrected chi connectivity index (χ2v) is 5.49.